The molecule has 32 heavy (non-hydrogen) atoms. The Bertz CT molecular complexity index is 1130. The Morgan fingerprint density at radius 1 is 1.03 bits per heavy atom. The zero-order valence-corrected chi connectivity index (χ0v) is 18.5. The molecule has 1 N–H and O–H groups in total. The van der Waals surface area contributed by atoms with E-state index < -0.39 is 46.1 Å². The van der Waals surface area contributed by atoms with E-state index in [0.717, 1.165) is 27.6 Å². The summed E-state index contributed by atoms with van der Waals surface area (Å²) in [5, 5.41) is 2.66. The van der Waals surface area contributed by atoms with Gasteiger partial charge in [0, 0.05) is 18.8 Å². The molecule has 0 atom stereocenters. The largest absolute Gasteiger partial charge is 0.455 e. The van der Waals surface area contributed by atoms with E-state index in [0.29, 0.717) is 11.8 Å². The first-order valence-corrected chi connectivity index (χ1v) is 11.5. The molecule has 7 nitrogen and oxygen atoms in total. The molecule has 172 valence electrons. The summed E-state index contributed by atoms with van der Waals surface area (Å²) >= 11 is 0. The molecule has 2 aromatic rings. The fraction of sp³-hybridized carbons (Fsp3) is 0.364. The van der Waals surface area contributed by atoms with E-state index in [2.05, 4.69) is 5.32 Å². The number of hydrogen-bond donors (Lipinski definition) is 1. The molecule has 1 aliphatic rings. The summed E-state index contributed by atoms with van der Waals surface area (Å²) in [5.41, 5.74) is 2.71. The van der Waals surface area contributed by atoms with Crippen LogP contribution in [-0.2, 0) is 24.3 Å². The molecule has 3 rings (SSSR count). The number of nitrogens with zero attached hydrogens (tertiary/aromatic N) is 1. The normalized spacial score (nSPS) is 15.4. The Kier molecular flexibility index (Phi) is 7.25. The number of esters is 1. The van der Waals surface area contributed by atoms with E-state index in [4.69, 9.17) is 4.74 Å². The zero-order chi connectivity index (χ0) is 23.5. The molecule has 2 aromatic carbocycles. The van der Waals surface area contributed by atoms with Crippen LogP contribution in [0.5, 0.6) is 0 Å². The van der Waals surface area contributed by atoms with Crippen LogP contribution in [0.2, 0.25) is 0 Å². The van der Waals surface area contributed by atoms with Crippen molar-refractivity contribution in [3.05, 3.63) is 59.2 Å². The van der Waals surface area contributed by atoms with E-state index in [1.54, 1.807) is 6.07 Å². The minimum absolute atomic E-state index is 0.0237. The molecule has 0 aliphatic carbocycles. The third kappa shape index (κ3) is 5.49. The van der Waals surface area contributed by atoms with Crippen molar-refractivity contribution in [1.29, 1.82) is 0 Å². The third-order valence-corrected chi connectivity index (χ3v) is 7.35. The van der Waals surface area contributed by atoms with Crippen LogP contribution in [0.15, 0.2) is 41.3 Å². The summed E-state index contributed by atoms with van der Waals surface area (Å²) in [7, 11) is -4.01. The Morgan fingerprint density at radius 2 is 1.72 bits per heavy atom. The van der Waals surface area contributed by atoms with Crippen molar-refractivity contribution in [3.8, 4) is 0 Å². The lowest BCUT2D eigenvalue weighted by Crippen LogP contribution is -2.41. The van der Waals surface area contributed by atoms with Gasteiger partial charge in [-0.05, 0) is 68.1 Å². The number of aryl methyl sites for hydroxylation is 2. The highest BCUT2D eigenvalue weighted by Gasteiger charge is 2.33. The van der Waals surface area contributed by atoms with Gasteiger partial charge in [-0.25, -0.2) is 17.2 Å². The van der Waals surface area contributed by atoms with Gasteiger partial charge in [-0.1, -0.05) is 6.07 Å². The Hall–Kier alpha value is -2.85. The predicted octanol–water partition coefficient (Wildman–Crippen LogP) is 3.16. The van der Waals surface area contributed by atoms with Crippen molar-refractivity contribution in [3.63, 3.8) is 0 Å². The summed E-state index contributed by atoms with van der Waals surface area (Å²) in [6, 6.07) is 7.85. The second-order valence-corrected chi connectivity index (χ2v) is 9.65. The average molecular weight is 467 g/mol. The molecular weight excluding hydrogens is 442 g/mol. The number of rotatable bonds is 6. The molecule has 0 unspecified atom stereocenters. The van der Waals surface area contributed by atoms with Crippen molar-refractivity contribution in [2.75, 3.05) is 25.0 Å². The van der Waals surface area contributed by atoms with Crippen molar-refractivity contribution >= 4 is 27.6 Å². The van der Waals surface area contributed by atoms with Gasteiger partial charge >= 0.3 is 5.97 Å². The van der Waals surface area contributed by atoms with Crippen LogP contribution in [0.1, 0.15) is 24.0 Å². The van der Waals surface area contributed by atoms with Crippen LogP contribution in [-0.4, -0.2) is 44.3 Å². The number of nitrogens with one attached hydrogen (secondary N) is 1. The molecule has 1 heterocycles. The van der Waals surface area contributed by atoms with Crippen LogP contribution in [0.3, 0.4) is 0 Å². The number of ether oxygens (including phenoxy) is 1. The second-order valence-electron chi connectivity index (χ2n) is 7.71. The first-order chi connectivity index (χ1) is 15.1. The van der Waals surface area contributed by atoms with Gasteiger partial charge in [-0.3, -0.25) is 9.59 Å². The average Bonchev–Trinajstić information content (AvgIpc) is 2.76. The fourth-order valence-electron chi connectivity index (χ4n) is 3.39. The molecule has 0 spiro atoms. The standard InChI is InChI=1S/C22H24F2N2O5S/c1-14-3-4-17(11-15(14)2)25-21(27)13-31-22(28)16-7-9-26(10-8-16)32(29,30)18-5-6-19(23)20(24)12-18/h3-6,11-12,16H,7-10,13H2,1-2H3,(H,25,27). The number of benzene rings is 2. The molecule has 0 bridgehead atoms. The van der Waals surface area contributed by atoms with Gasteiger partial charge in [0.05, 0.1) is 10.8 Å². The van der Waals surface area contributed by atoms with Crippen molar-refractivity contribution in [1.82, 2.24) is 4.31 Å². The lowest BCUT2D eigenvalue weighted by molar-refractivity contribution is -0.152. The number of piperidine rings is 1. The van der Waals surface area contributed by atoms with Crippen LogP contribution in [0.25, 0.3) is 0 Å². The molecule has 0 aromatic heterocycles. The van der Waals surface area contributed by atoms with Crippen molar-refractivity contribution in [2.24, 2.45) is 5.92 Å². The maximum absolute atomic E-state index is 13.4. The van der Waals surface area contributed by atoms with E-state index >= 15 is 0 Å². The van der Waals surface area contributed by atoms with Crippen molar-refractivity contribution < 1.29 is 31.5 Å². The monoisotopic (exact) mass is 466 g/mol. The molecule has 1 amide bonds. The minimum Gasteiger partial charge on any atom is -0.455 e. The number of carbonyl (C=O) groups excluding carboxylic acids is 2. The van der Waals surface area contributed by atoms with Gasteiger partial charge in [0.15, 0.2) is 18.2 Å². The zero-order valence-electron chi connectivity index (χ0n) is 17.7. The molecular formula is C22H24F2N2O5S. The highest BCUT2D eigenvalue weighted by molar-refractivity contribution is 7.89. The number of halogens is 2. The number of sulfonamides is 1. The third-order valence-electron chi connectivity index (χ3n) is 5.45. The molecule has 1 fully saturated rings. The predicted molar refractivity (Wildman–Crippen MR) is 113 cm³/mol. The highest BCUT2D eigenvalue weighted by Crippen LogP contribution is 2.25. The first-order valence-electron chi connectivity index (χ1n) is 10.1. The summed E-state index contributed by atoms with van der Waals surface area (Å²) in [6.45, 7) is 3.48. The maximum Gasteiger partial charge on any atom is 0.309 e. The van der Waals surface area contributed by atoms with Gasteiger partial charge in [0.25, 0.3) is 5.91 Å². The van der Waals surface area contributed by atoms with Crippen LogP contribution >= 0.6 is 0 Å². The van der Waals surface area contributed by atoms with Crippen LogP contribution in [0.4, 0.5) is 14.5 Å². The van der Waals surface area contributed by atoms with Gasteiger partial charge in [-0.15, -0.1) is 0 Å². The topological polar surface area (TPSA) is 92.8 Å². The fourth-order valence-corrected chi connectivity index (χ4v) is 4.87. The SMILES string of the molecule is Cc1ccc(NC(=O)COC(=O)C2CCN(S(=O)(=O)c3ccc(F)c(F)c3)CC2)cc1C. The minimum atomic E-state index is -4.01. The summed E-state index contributed by atoms with van der Waals surface area (Å²) in [6.07, 6.45) is 0.390. The summed E-state index contributed by atoms with van der Waals surface area (Å²) < 4.78 is 58.0. The van der Waals surface area contributed by atoms with E-state index in [1.165, 1.54) is 0 Å². The maximum atomic E-state index is 13.4. The van der Waals surface area contributed by atoms with Crippen molar-refractivity contribution in [2.45, 2.75) is 31.6 Å². The molecule has 1 aliphatic heterocycles. The lowest BCUT2D eigenvalue weighted by Gasteiger charge is -2.30. The molecule has 1 saturated heterocycles. The van der Waals surface area contributed by atoms with Crippen LogP contribution < -0.4 is 5.32 Å². The highest BCUT2D eigenvalue weighted by atomic mass is 32.2. The Morgan fingerprint density at radius 3 is 2.34 bits per heavy atom. The number of hydrogen-bond acceptors (Lipinski definition) is 5. The Labute approximate surface area is 185 Å². The number of carbonyl (C=O) groups is 2. The first kappa shape index (κ1) is 23.8. The quantitative estimate of drug-likeness (QED) is 0.661. The molecule has 0 radical (unpaired) electrons. The van der Waals surface area contributed by atoms with E-state index in [1.807, 2.05) is 26.0 Å². The second kappa shape index (κ2) is 9.74. The van der Waals surface area contributed by atoms with E-state index in [9.17, 15) is 26.8 Å². The van der Waals surface area contributed by atoms with Gasteiger partial charge in [0.1, 0.15) is 0 Å². The number of amides is 1. The lowest BCUT2D eigenvalue weighted by atomic mass is 9.98. The molecule has 10 heteroatoms. The molecule has 0 saturated carbocycles. The summed E-state index contributed by atoms with van der Waals surface area (Å²) in [5.74, 6) is -3.98. The number of anilines is 1. The van der Waals surface area contributed by atoms with Gasteiger partial charge in [-0.2, -0.15) is 4.31 Å². The van der Waals surface area contributed by atoms with Crippen LogP contribution in [0, 0.1) is 31.4 Å². The van der Waals surface area contributed by atoms with E-state index in [-0.39, 0.29) is 30.8 Å². The van der Waals surface area contributed by atoms with Gasteiger partial charge < -0.3 is 10.1 Å². The smallest absolute Gasteiger partial charge is 0.309 e. The summed E-state index contributed by atoms with van der Waals surface area (Å²) in [4.78, 5) is 24.0. The Balaban J connectivity index is 1.50. The van der Waals surface area contributed by atoms with Gasteiger partial charge in [0.2, 0.25) is 10.0 Å².